The van der Waals surface area contributed by atoms with Gasteiger partial charge in [0.05, 0.1) is 6.61 Å². The van der Waals surface area contributed by atoms with Crippen LogP contribution in [0.3, 0.4) is 0 Å². The van der Waals surface area contributed by atoms with Crippen LogP contribution in [-0.2, 0) is 4.74 Å². The summed E-state index contributed by atoms with van der Waals surface area (Å²) in [6.07, 6.45) is -0.0225. The zero-order chi connectivity index (χ0) is 6.69. The second-order valence-electron chi connectivity index (χ2n) is 2.38. The molecule has 0 radical (unpaired) electrons. The first kappa shape index (κ1) is 6.96. The predicted octanol–water partition coefficient (Wildman–Crippen LogP) is 0.320. The first-order valence-electron chi connectivity index (χ1n) is 3.26. The number of hydrogen-bond donors (Lipinski definition) is 1. The van der Waals surface area contributed by atoms with E-state index in [0.717, 1.165) is 6.42 Å². The van der Waals surface area contributed by atoms with Crippen molar-refractivity contribution in [3.63, 3.8) is 0 Å². The molecule has 3 heteroatoms. The summed E-state index contributed by atoms with van der Waals surface area (Å²) in [7, 11) is 0. The van der Waals surface area contributed by atoms with E-state index in [-0.39, 0.29) is 12.5 Å². The molecule has 1 aliphatic heterocycles. The topological polar surface area (TPSA) is 35.2 Å². The fourth-order valence-electron chi connectivity index (χ4n) is 1.03. The minimum absolute atomic E-state index is 0.0648. The van der Waals surface area contributed by atoms with Gasteiger partial charge in [-0.15, -0.1) is 0 Å². The smallest absolute Gasteiger partial charge is 0.117 e. The van der Waals surface area contributed by atoms with E-state index >= 15 is 0 Å². The summed E-state index contributed by atoms with van der Waals surface area (Å²) in [5.74, 6) is 0.0648. The van der Waals surface area contributed by atoms with Crippen LogP contribution in [-0.4, -0.2) is 25.9 Å². The van der Waals surface area contributed by atoms with E-state index in [0.29, 0.717) is 13.2 Å². The maximum Gasteiger partial charge on any atom is 0.117 e. The Kier molecular flexibility index (Phi) is 2.42. The SMILES string of the molecule is NC[C@@H](F)[C@H]1CCOC1. The summed E-state index contributed by atoms with van der Waals surface area (Å²) in [4.78, 5) is 0. The molecule has 0 aromatic rings. The van der Waals surface area contributed by atoms with Crippen molar-refractivity contribution >= 4 is 0 Å². The Morgan fingerprint density at radius 3 is 3.00 bits per heavy atom. The second kappa shape index (κ2) is 3.13. The van der Waals surface area contributed by atoms with E-state index < -0.39 is 6.17 Å². The molecule has 0 spiro atoms. The lowest BCUT2D eigenvalue weighted by molar-refractivity contribution is 0.157. The van der Waals surface area contributed by atoms with Gasteiger partial charge in [-0.25, -0.2) is 4.39 Å². The number of ether oxygens (including phenoxy) is 1. The highest BCUT2D eigenvalue weighted by molar-refractivity contribution is 4.73. The molecule has 0 saturated carbocycles. The Morgan fingerprint density at radius 1 is 1.78 bits per heavy atom. The summed E-state index contributed by atoms with van der Waals surface area (Å²) in [6, 6.07) is 0. The van der Waals surface area contributed by atoms with Crippen molar-refractivity contribution in [3.05, 3.63) is 0 Å². The lowest BCUT2D eigenvalue weighted by Crippen LogP contribution is -2.24. The van der Waals surface area contributed by atoms with Gasteiger partial charge in [0.15, 0.2) is 0 Å². The van der Waals surface area contributed by atoms with Gasteiger partial charge in [-0.3, -0.25) is 0 Å². The van der Waals surface area contributed by atoms with Crippen LogP contribution in [0.4, 0.5) is 4.39 Å². The number of halogens is 1. The third-order valence-corrected chi connectivity index (χ3v) is 1.70. The van der Waals surface area contributed by atoms with Gasteiger partial charge in [0.1, 0.15) is 6.17 Å². The van der Waals surface area contributed by atoms with E-state index in [2.05, 4.69) is 0 Å². The lowest BCUT2D eigenvalue weighted by Gasteiger charge is -2.09. The van der Waals surface area contributed by atoms with Crippen molar-refractivity contribution in [2.75, 3.05) is 19.8 Å². The largest absolute Gasteiger partial charge is 0.381 e. The van der Waals surface area contributed by atoms with Gasteiger partial charge in [0.2, 0.25) is 0 Å². The number of rotatable bonds is 2. The Balaban J connectivity index is 2.24. The monoisotopic (exact) mass is 133 g/mol. The Bertz CT molecular complexity index is 83.1. The minimum atomic E-state index is -0.854. The second-order valence-corrected chi connectivity index (χ2v) is 2.38. The number of nitrogens with two attached hydrogens (primary N) is 1. The first-order valence-corrected chi connectivity index (χ1v) is 3.26. The summed E-state index contributed by atoms with van der Waals surface area (Å²) >= 11 is 0. The summed E-state index contributed by atoms with van der Waals surface area (Å²) in [5.41, 5.74) is 5.12. The average Bonchev–Trinajstić information content (AvgIpc) is 2.37. The number of alkyl halides is 1. The van der Waals surface area contributed by atoms with Crippen LogP contribution < -0.4 is 5.73 Å². The molecule has 0 aliphatic carbocycles. The molecule has 0 aromatic carbocycles. The molecule has 1 saturated heterocycles. The maximum atomic E-state index is 12.6. The molecule has 2 N–H and O–H groups in total. The van der Waals surface area contributed by atoms with Crippen LogP contribution in [0.5, 0.6) is 0 Å². The third kappa shape index (κ3) is 1.63. The maximum absolute atomic E-state index is 12.6. The highest BCUT2D eigenvalue weighted by Crippen LogP contribution is 2.17. The van der Waals surface area contributed by atoms with Gasteiger partial charge < -0.3 is 10.5 Å². The summed E-state index contributed by atoms with van der Waals surface area (Å²) in [5, 5.41) is 0. The summed E-state index contributed by atoms with van der Waals surface area (Å²) < 4.78 is 17.6. The van der Waals surface area contributed by atoms with Crippen LogP contribution in [0.15, 0.2) is 0 Å². The van der Waals surface area contributed by atoms with Crippen LogP contribution in [0.2, 0.25) is 0 Å². The van der Waals surface area contributed by atoms with E-state index in [4.69, 9.17) is 10.5 Å². The van der Waals surface area contributed by atoms with Crippen molar-refractivity contribution < 1.29 is 9.13 Å². The molecule has 0 amide bonds. The third-order valence-electron chi connectivity index (χ3n) is 1.70. The molecule has 2 nitrogen and oxygen atoms in total. The zero-order valence-electron chi connectivity index (χ0n) is 5.35. The first-order chi connectivity index (χ1) is 4.34. The average molecular weight is 133 g/mol. The van der Waals surface area contributed by atoms with E-state index in [1.54, 1.807) is 0 Å². The highest BCUT2D eigenvalue weighted by Gasteiger charge is 2.23. The molecule has 1 rings (SSSR count). The fourth-order valence-corrected chi connectivity index (χ4v) is 1.03. The van der Waals surface area contributed by atoms with Gasteiger partial charge in [-0.1, -0.05) is 0 Å². The van der Waals surface area contributed by atoms with Crippen LogP contribution in [0.1, 0.15) is 6.42 Å². The molecular weight excluding hydrogens is 121 g/mol. The molecule has 0 bridgehead atoms. The van der Waals surface area contributed by atoms with Gasteiger partial charge in [0, 0.05) is 19.1 Å². The van der Waals surface area contributed by atoms with Crippen molar-refractivity contribution in [2.45, 2.75) is 12.6 Å². The summed E-state index contributed by atoms with van der Waals surface area (Å²) in [6.45, 7) is 1.39. The molecule has 1 aliphatic rings. The minimum Gasteiger partial charge on any atom is -0.381 e. The van der Waals surface area contributed by atoms with Gasteiger partial charge in [-0.05, 0) is 6.42 Å². The predicted molar refractivity (Wildman–Crippen MR) is 32.9 cm³/mol. The lowest BCUT2D eigenvalue weighted by atomic mass is 10.0. The Morgan fingerprint density at radius 2 is 2.56 bits per heavy atom. The molecular formula is C6H12FNO. The molecule has 0 unspecified atom stereocenters. The number of hydrogen-bond acceptors (Lipinski definition) is 2. The molecule has 2 atom stereocenters. The van der Waals surface area contributed by atoms with Gasteiger partial charge >= 0.3 is 0 Å². The standard InChI is InChI=1S/C6H12FNO/c7-6(3-8)5-1-2-9-4-5/h5-6H,1-4,8H2/t5-,6+/m0/s1. The van der Waals surface area contributed by atoms with Crippen molar-refractivity contribution in [1.82, 2.24) is 0 Å². The van der Waals surface area contributed by atoms with Crippen LogP contribution in [0, 0.1) is 5.92 Å². The van der Waals surface area contributed by atoms with Crippen molar-refractivity contribution in [2.24, 2.45) is 11.7 Å². The molecule has 1 heterocycles. The van der Waals surface area contributed by atoms with Crippen LogP contribution >= 0.6 is 0 Å². The van der Waals surface area contributed by atoms with Crippen LogP contribution in [0.25, 0.3) is 0 Å². The molecule has 54 valence electrons. The normalized spacial score (nSPS) is 30.7. The molecule has 1 fully saturated rings. The van der Waals surface area contributed by atoms with E-state index in [9.17, 15) is 4.39 Å². The van der Waals surface area contributed by atoms with E-state index in [1.165, 1.54) is 0 Å². The fraction of sp³-hybridized carbons (Fsp3) is 1.00. The molecule has 9 heavy (non-hydrogen) atoms. The Hall–Kier alpha value is -0.150. The van der Waals surface area contributed by atoms with E-state index in [1.807, 2.05) is 0 Å². The highest BCUT2D eigenvalue weighted by atomic mass is 19.1. The van der Waals surface area contributed by atoms with Crippen molar-refractivity contribution in [1.29, 1.82) is 0 Å². The molecule has 0 aromatic heterocycles. The van der Waals surface area contributed by atoms with Gasteiger partial charge in [-0.2, -0.15) is 0 Å². The zero-order valence-corrected chi connectivity index (χ0v) is 5.35. The Labute approximate surface area is 54.2 Å². The van der Waals surface area contributed by atoms with Crippen molar-refractivity contribution in [3.8, 4) is 0 Å². The van der Waals surface area contributed by atoms with Gasteiger partial charge in [0.25, 0.3) is 0 Å². The quantitative estimate of drug-likeness (QED) is 0.588.